The Morgan fingerprint density at radius 3 is 2.26 bits per heavy atom. The lowest BCUT2D eigenvalue weighted by Crippen LogP contribution is -2.39. The van der Waals surface area contributed by atoms with Crippen molar-refractivity contribution in [1.82, 2.24) is 5.32 Å². The molecule has 0 spiro atoms. The molecule has 5 nitrogen and oxygen atoms in total. The number of carbonyl (C=O) groups is 2. The molecule has 0 heterocycles. The van der Waals surface area contributed by atoms with Crippen LogP contribution in [0.15, 0.2) is 54.6 Å². The molecular weight excluding hydrogens is 349 g/mol. The van der Waals surface area contributed by atoms with Crippen molar-refractivity contribution in [3.63, 3.8) is 0 Å². The van der Waals surface area contributed by atoms with Crippen LogP contribution in [0.2, 0.25) is 0 Å². The molecule has 2 aromatic rings. The van der Waals surface area contributed by atoms with Crippen LogP contribution in [-0.4, -0.2) is 25.0 Å². The molecule has 0 fully saturated rings. The standard InChI is InChI=1S/C21H22FNO4/c1-14(21(25)27-15(2)17-7-9-18(22)10-8-17)23-20(24)13-6-16-4-11-19(26-3)12-5-16/h4-15H,1-3H3,(H,23,24)/b13-6+/t14-,15+/m0/s1. The van der Waals surface area contributed by atoms with Gasteiger partial charge in [-0.15, -0.1) is 0 Å². The maximum atomic E-state index is 12.9. The number of carbonyl (C=O) groups excluding carboxylic acids is 2. The molecule has 6 heteroatoms. The van der Waals surface area contributed by atoms with E-state index >= 15 is 0 Å². The van der Waals surface area contributed by atoms with Crippen LogP contribution in [-0.2, 0) is 14.3 Å². The third-order valence-corrected chi connectivity index (χ3v) is 3.89. The predicted molar refractivity (Wildman–Crippen MR) is 101 cm³/mol. The van der Waals surface area contributed by atoms with Crippen LogP contribution in [0, 0.1) is 5.82 Å². The summed E-state index contributed by atoms with van der Waals surface area (Å²) < 4.78 is 23.3. The second-order valence-electron chi connectivity index (χ2n) is 5.97. The van der Waals surface area contributed by atoms with Crippen molar-refractivity contribution >= 4 is 18.0 Å². The van der Waals surface area contributed by atoms with E-state index in [1.165, 1.54) is 18.2 Å². The van der Waals surface area contributed by atoms with Crippen molar-refractivity contribution in [2.45, 2.75) is 26.0 Å². The maximum Gasteiger partial charge on any atom is 0.328 e. The highest BCUT2D eigenvalue weighted by atomic mass is 19.1. The van der Waals surface area contributed by atoms with E-state index < -0.39 is 24.0 Å². The molecule has 2 aromatic carbocycles. The van der Waals surface area contributed by atoms with Gasteiger partial charge < -0.3 is 14.8 Å². The maximum absolute atomic E-state index is 12.9. The Labute approximate surface area is 157 Å². The van der Waals surface area contributed by atoms with Crippen LogP contribution >= 0.6 is 0 Å². The molecular formula is C21H22FNO4. The van der Waals surface area contributed by atoms with E-state index in [1.54, 1.807) is 51.3 Å². The van der Waals surface area contributed by atoms with Gasteiger partial charge in [0.1, 0.15) is 23.7 Å². The molecule has 1 N–H and O–H groups in total. The lowest BCUT2D eigenvalue weighted by molar-refractivity contribution is -0.151. The zero-order chi connectivity index (χ0) is 19.8. The van der Waals surface area contributed by atoms with Crippen molar-refractivity contribution in [3.05, 3.63) is 71.6 Å². The van der Waals surface area contributed by atoms with Crippen LogP contribution in [0.25, 0.3) is 6.08 Å². The van der Waals surface area contributed by atoms with Crippen molar-refractivity contribution in [1.29, 1.82) is 0 Å². The van der Waals surface area contributed by atoms with Gasteiger partial charge >= 0.3 is 5.97 Å². The number of halogens is 1. The average molecular weight is 371 g/mol. The first-order valence-corrected chi connectivity index (χ1v) is 8.47. The number of hydrogen-bond acceptors (Lipinski definition) is 4. The predicted octanol–water partition coefficient (Wildman–Crippen LogP) is 3.66. The third kappa shape index (κ3) is 6.26. The fraction of sp³-hybridized carbons (Fsp3) is 0.238. The summed E-state index contributed by atoms with van der Waals surface area (Å²) in [5, 5.41) is 2.55. The highest BCUT2D eigenvalue weighted by molar-refractivity contribution is 5.94. The second kappa shape index (κ2) is 9.52. The summed E-state index contributed by atoms with van der Waals surface area (Å²) in [6.45, 7) is 3.22. The molecule has 1 amide bonds. The van der Waals surface area contributed by atoms with Gasteiger partial charge in [-0.2, -0.15) is 0 Å². The van der Waals surface area contributed by atoms with Gasteiger partial charge in [0.25, 0.3) is 0 Å². The number of benzene rings is 2. The fourth-order valence-corrected chi connectivity index (χ4v) is 2.29. The molecule has 2 rings (SSSR count). The first-order valence-electron chi connectivity index (χ1n) is 8.47. The van der Waals surface area contributed by atoms with Crippen LogP contribution in [0.5, 0.6) is 5.75 Å². The van der Waals surface area contributed by atoms with Gasteiger partial charge in [0.05, 0.1) is 7.11 Å². The summed E-state index contributed by atoms with van der Waals surface area (Å²) in [4.78, 5) is 24.1. The van der Waals surface area contributed by atoms with E-state index in [1.807, 2.05) is 12.1 Å². The number of esters is 1. The zero-order valence-electron chi connectivity index (χ0n) is 15.4. The van der Waals surface area contributed by atoms with Crippen molar-refractivity contribution in [3.8, 4) is 5.75 Å². The number of rotatable bonds is 7. The molecule has 0 radical (unpaired) electrons. The summed E-state index contributed by atoms with van der Waals surface area (Å²) in [6, 6.07) is 12.1. The Hall–Kier alpha value is -3.15. The van der Waals surface area contributed by atoms with E-state index in [-0.39, 0.29) is 5.82 Å². The number of amides is 1. The van der Waals surface area contributed by atoms with E-state index in [9.17, 15) is 14.0 Å². The molecule has 0 aliphatic rings. The van der Waals surface area contributed by atoms with Gasteiger partial charge in [-0.3, -0.25) is 4.79 Å². The average Bonchev–Trinajstić information content (AvgIpc) is 2.67. The SMILES string of the molecule is COc1ccc(/C=C/C(=O)N[C@@H](C)C(=O)O[C@H](C)c2ccc(F)cc2)cc1. The molecule has 0 bridgehead atoms. The van der Waals surface area contributed by atoms with Gasteiger partial charge in [0, 0.05) is 6.08 Å². The monoisotopic (exact) mass is 371 g/mol. The van der Waals surface area contributed by atoms with E-state index in [4.69, 9.17) is 9.47 Å². The first kappa shape index (κ1) is 20.2. The molecule has 142 valence electrons. The topological polar surface area (TPSA) is 64.6 Å². The molecule has 0 unspecified atom stereocenters. The van der Waals surface area contributed by atoms with Crippen molar-refractivity contribution in [2.24, 2.45) is 0 Å². The summed E-state index contributed by atoms with van der Waals surface area (Å²) >= 11 is 0. The number of hydrogen-bond donors (Lipinski definition) is 1. The summed E-state index contributed by atoms with van der Waals surface area (Å²) in [7, 11) is 1.58. The molecule has 0 saturated carbocycles. The molecule has 0 saturated heterocycles. The normalized spacial score (nSPS) is 13.0. The molecule has 27 heavy (non-hydrogen) atoms. The lowest BCUT2D eigenvalue weighted by Gasteiger charge is -2.17. The van der Waals surface area contributed by atoms with Crippen LogP contribution in [0.4, 0.5) is 4.39 Å². The number of methoxy groups -OCH3 is 1. The largest absolute Gasteiger partial charge is 0.497 e. The van der Waals surface area contributed by atoms with Gasteiger partial charge in [-0.1, -0.05) is 24.3 Å². The number of nitrogens with one attached hydrogen (secondary N) is 1. The van der Waals surface area contributed by atoms with E-state index in [0.29, 0.717) is 5.56 Å². The van der Waals surface area contributed by atoms with Crippen molar-refractivity contribution in [2.75, 3.05) is 7.11 Å². The lowest BCUT2D eigenvalue weighted by atomic mass is 10.1. The smallest absolute Gasteiger partial charge is 0.328 e. The Morgan fingerprint density at radius 2 is 1.67 bits per heavy atom. The Kier molecular flexibility index (Phi) is 7.11. The minimum atomic E-state index is -0.819. The van der Waals surface area contributed by atoms with Gasteiger partial charge in [-0.25, -0.2) is 9.18 Å². The Balaban J connectivity index is 1.86. The zero-order valence-corrected chi connectivity index (χ0v) is 15.4. The van der Waals surface area contributed by atoms with Gasteiger partial charge in [-0.05, 0) is 55.3 Å². The minimum Gasteiger partial charge on any atom is -0.497 e. The van der Waals surface area contributed by atoms with Crippen LogP contribution < -0.4 is 10.1 Å². The van der Waals surface area contributed by atoms with E-state index in [2.05, 4.69) is 5.32 Å². The Bertz CT molecular complexity index is 800. The van der Waals surface area contributed by atoms with Crippen LogP contribution in [0.1, 0.15) is 31.1 Å². The van der Waals surface area contributed by atoms with Gasteiger partial charge in [0.2, 0.25) is 5.91 Å². The first-order chi connectivity index (χ1) is 12.9. The third-order valence-electron chi connectivity index (χ3n) is 3.89. The number of ether oxygens (including phenoxy) is 2. The minimum absolute atomic E-state index is 0.360. The fourth-order valence-electron chi connectivity index (χ4n) is 2.29. The summed E-state index contributed by atoms with van der Waals surface area (Å²) in [6.07, 6.45) is 2.43. The van der Waals surface area contributed by atoms with Crippen molar-refractivity contribution < 1.29 is 23.5 Å². The highest BCUT2D eigenvalue weighted by Gasteiger charge is 2.19. The summed E-state index contributed by atoms with van der Waals surface area (Å²) in [5.74, 6) is -0.618. The highest BCUT2D eigenvalue weighted by Crippen LogP contribution is 2.17. The second-order valence-corrected chi connectivity index (χ2v) is 5.97. The Morgan fingerprint density at radius 1 is 1.04 bits per heavy atom. The summed E-state index contributed by atoms with van der Waals surface area (Å²) in [5.41, 5.74) is 1.49. The van der Waals surface area contributed by atoms with E-state index in [0.717, 1.165) is 11.3 Å². The quantitative estimate of drug-likeness (QED) is 0.596. The molecule has 0 aliphatic heterocycles. The molecule has 0 aliphatic carbocycles. The molecule has 0 aromatic heterocycles. The molecule has 2 atom stereocenters. The van der Waals surface area contributed by atoms with Crippen LogP contribution in [0.3, 0.4) is 0 Å². The van der Waals surface area contributed by atoms with Gasteiger partial charge in [0.15, 0.2) is 0 Å².